The van der Waals surface area contributed by atoms with Crippen LogP contribution in [0.4, 0.5) is 0 Å². The molecule has 1 aromatic heterocycles. The van der Waals surface area contributed by atoms with Gasteiger partial charge in [-0.15, -0.1) is 0 Å². The maximum atomic E-state index is 5.91. The summed E-state index contributed by atoms with van der Waals surface area (Å²) >= 11 is 0. The normalized spacial score (nSPS) is 16.9. The van der Waals surface area contributed by atoms with E-state index in [1.54, 1.807) is 0 Å². The Morgan fingerprint density at radius 2 is 2.19 bits per heavy atom. The fourth-order valence-electron chi connectivity index (χ4n) is 2.46. The number of nitrogens with one attached hydrogen (secondary N) is 1. The molecule has 1 atom stereocenters. The van der Waals surface area contributed by atoms with Gasteiger partial charge in [-0.3, -0.25) is 0 Å². The van der Waals surface area contributed by atoms with Gasteiger partial charge in [-0.05, 0) is 18.6 Å². The first-order valence-corrected chi connectivity index (χ1v) is 7.46. The van der Waals surface area contributed by atoms with Crippen LogP contribution >= 0.6 is 0 Å². The predicted octanol–water partition coefficient (Wildman–Crippen LogP) is 2.22. The molecule has 0 saturated carbocycles. The minimum Gasteiger partial charge on any atom is -0.486 e. The first-order valence-electron chi connectivity index (χ1n) is 7.46. The maximum Gasteiger partial charge on any atom is 0.161 e. The Labute approximate surface area is 124 Å². The number of hydrogen-bond acceptors (Lipinski definition) is 4. The molecule has 0 amide bonds. The second-order valence-electron chi connectivity index (χ2n) is 5.17. The lowest BCUT2D eigenvalue weighted by Gasteiger charge is -2.26. The number of imidazole rings is 1. The molecule has 2 heterocycles. The van der Waals surface area contributed by atoms with Crippen LogP contribution in [0.15, 0.2) is 36.7 Å². The van der Waals surface area contributed by atoms with Crippen molar-refractivity contribution in [2.24, 2.45) is 0 Å². The molecule has 21 heavy (non-hydrogen) atoms. The molecule has 0 spiro atoms. The number of benzene rings is 1. The van der Waals surface area contributed by atoms with Crippen molar-refractivity contribution in [1.82, 2.24) is 14.9 Å². The monoisotopic (exact) mass is 287 g/mol. The van der Waals surface area contributed by atoms with Crippen molar-refractivity contribution < 1.29 is 9.47 Å². The van der Waals surface area contributed by atoms with Crippen molar-refractivity contribution in [1.29, 1.82) is 0 Å². The van der Waals surface area contributed by atoms with Crippen LogP contribution in [0.2, 0.25) is 0 Å². The number of ether oxygens (including phenoxy) is 2. The molecule has 3 rings (SSSR count). The SMILES string of the molecule is CCCn1ccnc1CNCC1COc2ccccc2O1. The van der Waals surface area contributed by atoms with Gasteiger partial charge in [0.2, 0.25) is 0 Å². The Kier molecular flexibility index (Phi) is 4.40. The third-order valence-corrected chi connectivity index (χ3v) is 3.49. The highest BCUT2D eigenvalue weighted by molar-refractivity contribution is 5.40. The Morgan fingerprint density at radius 1 is 1.33 bits per heavy atom. The lowest BCUT2D eigenvalue weighted by atomic mass is 10.2. The molecule has 0 saturated heterocycles. The third-order valence-electron chi connectivity index (χ3n) is 3.49. The first-order chi connectivity index (χ1) is 10.4. The van der Waals surface area contributed by atoms with Gasteiger partial charge in [-0.1, -0.05) is 19.1 Å². The van der Waals surface area contributed by atoms with Gasteiger partial charge in [0, 0.05) is 25.5 Å². The number of para-hydroxylation sites is 2. The number of nitrogens with zero attached hydrogens (tertiary/aromatic N) is 2. The first kappa shape index (κ1) is 13.9. The Hall–Kier alpha value is -2.01. The van der Waals surface area contributed by atoms with Crippen LogP contribution in [0.25, 0.3) is 0 Å². The summed E-state index contributed by atoms with van der Waals surface area (Å²) in [6.07, 6.45) is 5.02. The summed E-state index contributed by atoms with van der Waals surface area (Å²) in [6, 6.07) is 7.78. The number of aromatic nitrogens is 2. The summed E-state index contributed by atoms with van der Waals surface area (Å²) in [7, 11) is 0. The van der Waals surface area contributed by atoms with Crippen molar-refractivity contribution in [2.45, 2.75) is 32.5 Å². The van der Waals surface area contributed by atoms with Crippen molar-refractivity contribution in [2.75, 3.05) is 13.2 Å². The largest absolute Gasteiger partial charge is 0.486 e. The van der Waals surface area contributed by atoms with E-state index in [1.807, 2.05) is 36.7 Å². The molecular formula is C16H21N3O2. The summed E-state index contributed by atoms with van der Waals surface area (Å²) in [5.41, 5.74) is 0. The lowest BCUT2D eigenvalue weighted by Crippen LogP contribution is -2.38. The zero-order valence-corrected chi connectivity index (χ0v) is 12.3. The molecule has 2 aromatic rings. The molecule has 1 aliphatic rings. The smallest absolute Gasteiger partial charge is 0.161 e. The number of aryl methyl sites for hydroxylation is 1. The van der Waals surface area contributed by atoms with Gasteiger partial charge in [0.15, 0.2) is 11.5 Å². The molecule has 1 N–H and O–H groups in total. The predicted molar refractivity (Wildman–Crippen MR) is 80.6 cm³/mol. The van der Waals surface area contributed by atoms with Crippen LogP contribution < -0.4 is 14.8 Å². The van der Waals surface area contributed by atoms with E-state index in [2.05, 4.69) is 21.8 Å². The van der Waals surface area contributed by atoms with Gasteiger partial charge in [-0.25, -0.2) is 4.98 Å². The average molecular weight is 287 g/mol. The van der Waals surface area contributed by atoms with E-state index in [0.717, 1.165) is 43.4 Å². The third kappa shape index (κ3) is 3.36. The molecule has 0 radical (unpaired) electrons. The van der Waals surface area contributed by atoms with Crippen LogP contribution in [0.3, 0.4) is 0 Å². The van der Waals surface area contributed by atoms with Crippen molar-refractivity contribution in [3.8, 4) is 11.5 Å². The van der Waals surface area contributed by atoms with Crippen molar-refractivity contribution in [3.05, 3.63) is 42.5 Å². The number of rotatable bonds is 6. The van der Waals surface area contributed by atoms with Crippen molar-refractivity contribution in [3.63, 3.8) is 0 Å². The highest BCUT2D eigenvalue weighted by Gasteiger charge is 2.20. The standard InChI is InChI=1S/C16H21N3O2/c1-2-8-19-9-7-18-16(19)11-17-10-13-12-20-14-5-3-4-6-15(14)21-13/h3-7,9,13,17H,2,8,10-12H2,1H3. The summed E-state index contributed by atoms with van der Waals surface area (Å²) in [5, 5.41) is 3.40. The molecule has 5 nitrogen and oxygen atoms in total. The molecule has 1 unspecified atom stereocenters. The highest BCUT2D eigenvalue weighted by atomic mass is 16.6. The fraction of sp³-hybridized carbons (Fsp3) is 0.438. The van der Waals surface area contributed by atoms with Crippen molar-refractivity contribution >= 4 is 0 Å². The molecule has 1 aliphatic heterocycles. The molecular weight excluding hydrogens is 266 g/mol. The Balaban J connectivity index is 1.49. The van der Waals surface area contributed by atoms with Gasteiger partial charge >= 0.3 is 0 Å². The summed E-state index contributed by atoms with van der Waals surface area (Å²) in [4.78, 5) is 4.38. The summed E-state index contributed by atoms with van der Waals surface area (Å²) < 4.78 is 13.8. The average Bonchev–Trinajstić information content (AvgIpc) is 2.95. The van der Waals surface area contributed by atoms with Crippen LogP contribution in [0, 0.1) is 0 Å². The fourth-order valence-corrected chi connectivity index (χ4v) is 2.46. The Morgan fingerprint density at radius 3 is 3.05 bits per heavy atom. The van der Waals surface area contributed by atoms with Gasteiger partial charge < -0.3 is 19.4 Å². The molecule has 0 bridgehead atoms. The van der Waals surface area contributed by atoms with E-state index in [9.17, 15) is 0 Å². The highest BCUT2D eigenvalue weighted by Crippen LogP contribution is 2.30. The molecule has 112 valence electrons. The van der Waals surface area contributed by atoms with E-state index in [0.29, 0.717) is 6.61 Å². The zero-order chi connectivity index (χ0) is 14.5. The van der Waals surface area contributed by atoms with Gasteiger partial charge in [-0.2, -0.15) is 0 Å². The maximum absolute atomic E-state index is 5.91. The van der Waals surface area contributed by atoms with E-state index >= 15 is 0 Å². The molecule has 1 aromatic carbocycles. The quantitative estimate of drug-likeness (QED) is 0.885. The van der Waals surface area contributed by atoms with Crippen LogP contribution in [0.5, 0.6) is 11.5 Å². The number of hydrogen-bond donors (Lipinski definition) is 1. The minimum absolute atomic E-state index is 0.0366. The van der Waals surface area contributed by atoms with Gasteiger partial charge in [0.1, 0.15) is 18.5 Å². The Bertz CT molecular complexity index is 582. The van der Waals surface area contributed by atoms with Crippen LogP contribution in [-0.4, -0.2) is 28.8 Å². The lowest BCUT2D eigenvalue weighted by molar-refractivity contribution is 0.0900. The van der Waals surface area contributed by atoms with E-state index in [-0.39, 0.29) is 6.10 Å². The van der Waals surface area contributed by atoms with Gasteiger partial charge in [0.05, 0.1) is 6.54 Å². The second-order valence-corrected chi connectivity index (χ2v) is 5.17. The zero-order valence-electron chi connectivity index (χ0n) is 12.3. The molecule has 0 aliphatic carbocycles. The summed E-state index contributed by atoms with van der Waals surface area (Å²) in [5.74, 6) is 2.71. The molecule has 5 heteroatoms. The van der Waals surface area contributed by atoms with Gasteiger partial charge in [0.25, 0.3) is 0 Å². The number of fused-ring (bicyclic) bond motifs is 1. The minimum atomic E-state index is 0.0366. The van der Waals surface area contributed by atoms with E-state index in [4.69, 9.17) is 9.47 Å². The van der Waals surface area contributed by atoms with Crippen LogP contribution in [-0.2, 0) is 13.1 Å². The van der Waals surface area contributed by atoms with E-state index < -0.39 is 0 Å². The topological polar surface area (TPSA) is 48.3 Å². The van der Waals surface area contributed by atoms with E-state index in [1.165, 1.54) is 0 Å². The van der Waals surface area contributed by atoms with Crippen LogP contribution in [0.1, 0.15) is 19.2 Å². The second kappa shape index (κ2) is 6.63. The summed E-state index contributed by atoms with van der Waals surface area (Å²) in [6.45, 7) is 5.24. The molecule has 0 fully saturated rings.